The van der Waals surface area contributed by atoms with E-state index in [2.05, 4.69) is 20.4 Å². The second-order valence-electron chi connectivity index (χ2n) is 8.68. The van der Waals surface area contributed by atoms with Crippen LogP contribution in [0.3, 0.4) is 0 Å². The highest BCUT2D eigenvalue weighted by molar-refractivity contribution is 5.99. The lowest BCUT2D eigenvalue weighted by molar-refractivity contribution is -0.125. The third-order valence-electron chi connectivity index (χ3n) is 6.12. The molecule has 0 atom stereocenters. The highest BCUT2D eigenvalue weighted by Crippen LogP contribution is 2.27. The zero-order valence-corrected chi connectivity index (χ0v) is 18.0. The zero-order valence-electron chi connectivity index (χ0n) is 18.0. The van der Waals surface area contributed by atoms with Crippen LogP contribution in [0.25, 0.3) is 0 Å². The van der Waals surface area contributed by atoms with Crippen molar-refractivity contribution in [1.29, 1.82) is 0 Å². The molecule has 6 nitrogen and oxygen atoms in total. The van der Waals surface area contributed by atoms with E-state index in [1.165, 1.54) is 12.8 Å². The van der Waals surface area contributed by atoms with Crippen LogP contribution in [-0.2, 0) is 4.79 Å². The molecule has 0 bridgehead atoms. The van der Waals surface area contributed by atoms with Gasteiger partial charge in [0.15, 0.2) is 0 Å². The number of benzene rings is 1. The molecule has 0 radical (unpaired) electrons. The van der Waals surface area contributed by atoms with Gasteiger partial charge in [-0.15, -0.1) is 0 Å². The maximum absolute atomic E-state index is 12.7. The average Bonchev–Trinajstić information content (AvgIpc) is 3.27. The van der Waals surface area contributed by atoms with Crippen LogP contribution in [0.15, 0.2) is 24.3 Å². The lowest BCUT2D eigenvalue weighted by atomic mass is 10.0. The molecule has 0 unspecified atom stereocenters. The minimum absolute atomic E-state index is 0.00369. The van der Waals surface area contributed by atoms with Crippen molar-refractivity contribution in [2.45, 2.75) is 51.0 Å². The van der Waals surface area contributed by atoms with Crippen LogP contribution in [0.2, 0.25) is 0 Å². The number of rotatable bonds is 8. The largest absolute Gasteiger partial charge is 0.371 e. The summed E-state index contributed by atoms with van der Waals surface area (Å²) in [5.41, 5.74) is 1.74. The summed E-state index contributed by atoms with van der Waals surface area (Å²) in [4.78, 5) is 29.5. The van der Waals surface area contributed by atoms with E-state index < -0.39 is 0 Å². The molecule has 2 fully saturated rings. The second kappa shape index (κ2) is 10.6. The van der Waals surface area contributed by atoms with Crippen LogP contribution >= 0.6 is 0 Å². The van der Waals surface area contributed by atoms with Crippen LogP contribution in [0.4, 0.5) is 5.69 Å². The standard InChI is InChI=1S/C23H36N4O2/c1-26(2)15-7-14-24-23(29)20-10-5-6-11-21(20)27-16-12-19(13-17-27)25-22(28)18-8-3-4-9-18/h5-6,10-11,18-19H,3-4,7-9,12-17H2,1-2H3,(H,24,29)(H,25,28). The van der Waals surface area contributed by atoms with Gasteiger partial charge in [0, 0.05) is 37.3 Å². The maximum atomic E-state index is 12.7. The van der Waals surface area contributed by atoms with E-state index in [0.29, 0.717) is 6.54 Å². The molecule has 29 heavy (non-hydrogen) atoms. The van der Waals surface area contributed by atoms with Gasteiger partial charge in [0.25, 0.3) is 5.91 Å². The predicted molar refractivity (Wildman–Crippen MR) is 117 cm³/mol. The number of carbonyl (C=O) groups is 2. The van der Waals surface area contributed by atoms with Gasteiger partial charge >= 0.3 is 0 Å². The van der Waals surface area contributed by atoms with Gasteiger partial charge in [-0.3, -0.25) is 9.59 Å². The van der Waals surface area contributed by atoms with Crippen molar-refractivity contribution in [1.82, 2.24) is 15.5 Å². The lowest BCUT2D eigenvalue weighted by Crippen LogP contribution is -2.46. The Morgan fingerprint density at radius 1 is 1.07 bits per heavy atom. The van der Waals surface area contributed by atoms with Crippen molar-refractivity contribution in [3.05, 3.63) is 29.8 Å². The zero-order chi connectivity index (χ0) is 20.6. The molecule has 3 rings (SSSR count). The Hall–Kier alpha value is -2.08. The molecule has 1 aliphatic carbocycles. The van der Waals surface area contributed by atoms with Crippen molar-refractivity contribution in [2.24, 2.45) is 5.92 Å². The first-order chi connectivity index (χ1) is 14.0. The normalized spacial score (nSPS) is 18.2. The number of anilines is 1. The fraction of sp³-hybridized carbons (Fsp3) is 0.652. The van der Waals surface area contributed by atoms with Gasteiger partial charge in [-0.25, -0.2) is 0 Å². The fourth-order valence-electron chi connectivity index (χ4n) is 4.41. The van der Waals surface area contributed by atoms with Gasteiger partial charge in [0.1, 0.15) is 0 Å². The predicted octanol–water partition coefficient (Wildman–Crippen LogP) is 2.64. The summed E-state index contributed by atoms with van der Waals surface area (Å²) in [5.74, 6) is 0.472. The number of amides is 2. The van der Waals surface area contributed by atoms with E-state index >= 15 is 0 Å². The summed E-state index contributed by atoms with van der Waals surface area (Å²) in [7, 11) is 4.08. The van der Waals surface area contributed by atoms with E-state index in [4.69, 9.17) is 0 Å². The van der Waals surface area contributed by atoms with Crippen molar-refractivity contribution in [3.63, 3.8) is 0 Å². The molecule has 6 heteroatoms. The highest BCUT2D eigenvalue weighted by atomic mass is 16.2. The van der Waals surface area contributed by atoms with Crippen molar-refractivity contribution < 1.29 is 9.59 Å². The number of hydrogen-bond acceptors (Lipinski definition) is 4. The molecule has 1 heterocycles. The van der Waals surface area contributed by atoms with Gasteiger partial charge < -0.3 is 20.4 Å². The highest BCUT2D eigenvalue weighted by Gasteiger charge is 2.27. The Morgan fingerprint density at radius 2 is 1.76 bits per heavy atom. The smallest absolute Gasteiger partial charge is 0.253 e. The Labute approximate surface area is 175 Å². The summed E-state index contributed by atoms with van der Waals surface area (Å²) in [6, 6.07) is 8.11. The summed E-state index contributed by atoms with van der Waals surface area (Å²) in [6.07, 6.45) is 7.25. The number of nitrogens with one attached hydrogen (secondary N) is 2. The monoisotopic (exact) mass is 400 g/mol. The van der Waals surface area contributed by atoms with E-state index in [9.17, 15) is 9.59 Å². The summed E-state index contributed by atoms with van der Waals surface area (Å²) in [5, 5.41) is 6.32. The Morgan fingerprint density at radius 3 is 2.45 bits per heavy atom. The topological polar surface area (TPSA) is 64.7 Å². The van der Waals surface area contributed by atoms with Crippen LogP contribution < -0.4 is 15.5 Å². The molecule has 2 aliphatic rings. The molecule has 1 aromatic rings. The average molecular weight is 401 g/mol. The third kappa shape index (κ3) is 6.20. The van der Waals surface area contributed by atoms with Gasteiger partial charge in [-0.05, 0) is 64.9 Å². The molecular weight excluding hydrogens is 364 g/mol. The third-order valence-corrected chi connectivity index (χ3v) is 6.12. The molecule has 160 valence electrons. The number of para-hydroxylation sites is 1. The van der Waals surface area contributed by atoms with Gasteiger partial charge in [-0.1, -0.05) is 25.0 Å². The first-order valence-corrected chi connectivity index (χ1v) is 11.1. The van der Waals surface area contributed by atoms with E-state index in [1.807, 2.05) is 38.4 Å². The summed E-state index contributed by atoms with van der Waals surface area (Å²) < 4.78 is 0. The van der Waals surface area contributed by atoms with E-state index in [1.54, 1.807) is 0 Å². The fourth-order valence-corrected chi connectivity index (χ4v) is 4.41. The molecular formula is C23H36N4O2. The van der Waals surface area contributed by atoms with Crippen LogP contribution in [0.1, 0.15) is 55.3 Å². The Kier molecular flexibility index (Phi) is 7.92. The van der Waals surface area contributed by atoms with Crippen molar-refractivity contribution in [3.8, 4) is 0 Å². The van der Waals surface area contributed by atoms with E-state index in [0.717, 1.165) is 63.0 Å². The molecule has 1 saturated carbocycles. The summed E-state index contributed by atoms with van der Waals surface area (Å²) in [6.45, 7) is 3.36. The Balaban J connectivity index is 1.51. The molecule has 0 spiro atoms. The first kappa shape index (κ1) is 21.6. The first-order valence-electron chi connectivity index (χ1n) is 11.1. The van der Waals surface area contributed by atoms with Gasteiger partial charge in [-0.2, -0.15) is 0 Å². The molecule has 1 aliphatic heterocycles. The van der Waals surface area contributed by atoms with E-state index in [-0.39, 0.29) is 23.8 Å². The Bertz CT molecular complexity index is 677. The number of nitrogens with zero attached hydrogens (tertiary/aromatic N) is 2. The summed E-state index contributed by atoms with van der Waals surface area (Å²) >= 11 is 0. The maximum Gasteiger partial charge on any atom is 0.253 e. The van der Waals surface area contributed by atoms with Crippen LogP contribution in [-0.4, -0.2) is 63.0 Å². The van der Waals surface area contributed by atoms with Crippen LogP contribution in [0, 0.1) is 5.92 Å². The SMILES string of the molecule is CN(C)CCCNC(=O)c1ccccc1N1CCC(NC(=O)C2CCCC2)CC1. The van der Waals surface area contributed by atoms with Crippen LogP contribution in [0.5, 0.6) is 0 Å². The molecule has 0 aromatic heterocycles. The van der Waals surface area contributed by atoms with Gasteiger partial charge in [0.2, 0.25) is 5.91 Å². The minimum atomic E-state index is -0.00369. The number of piperidine rings is 1. The second-order valence-corrected chi connectivity index (χ2v) is 8.68. The molecule has 2 N–H and O–H groups in total. The minimum Gasteiger partial charge on any atom is -0.371 e. The lowest BCUT2D eigenvalue weighted by Gasteiger charge is -2.35. The van der Waals surface area contributed by atoms with Gasteiger partial charge in [0.05, 0.1) is 5.56 Å². The quantitative estimate of drug-likeness (QED) is 0.659. The molecule has 2 amide bonds. The van der Waals surface area contributed by atoms with Crippen molar-refractivity contribution >= 4 is 17.5 Å². The van der Waals surface area contributed by atoms with Crippen molar-refractivity contribution in [2.75, 3.05) is 45.2 Å². The molecule has 1 saturated heterocycles. The number of carbonyl (C=O) groups excluding carboxylic acids is 2. The molecule has 1 aromatic carbocycles. The number of hydrogen-bond donors (Lipinski definition) is 2.